The third kappa shape index (κ3) is 4.32. The zero-order valence-corrected chi connectivity index (χ0v) is 11.8. The predicted octanol–water partition coefficient (Wildman–Crippen LogP) is 1.37. The van der Waals surface area contributed by atoms with Crippen LogP contribution in [0, 0.1) is 0 Å². The number of amides is 1. The van der Waals surface area contributed by atoms with Crippen molar-refractivity contribution >= 4 is 5.91 Å². The van der Waals surface area contributed by atoms with Crippen LogP contribution in [-0.2, 0) is 11.2 Å². The van der Waals surface area contributed by atoms with Gasteiger partial charge in [0.15, 0.2) is 0 Å². The number of aliphatic hydroxyl groups excluding tert-OH is 1. The molecule has 0 heterocycles. The second kappa shape index (κ2) is 6.86. The van der Waals surface area contributed by atoms with Gasteiger partial charge in [0.2, 0.25) is 5.91 Å². The summed E-state index contributed by atoms with van der Waals surface area (Å²) in [5, 5.41) is 12.3. The number of nitrogens with two attached hydrogens (primary N) is 1. The Morgan fingerprint density at radius 2 is 1.95 bits per heavy atom. The number of carbonyl (C=O) groups excluding carboxylic acids is 1. The van der Waals surface area contributed by atoms with Gasteiger partial charge in [0.05, 0.1) is 12.6 Å². The Morgan fingerprint density at radius 3 is 2.55 bits per heavy atom. The highest BCUT2D eigenvalue weighted by Gasteiger charge is 2.32. The van der Waals surface area contributed by atoms with Crippen molar-refractivity contribution in [3.63, 3.8) is 0 Å². The molecule has 0 aliphatic heterocycles. The summed E-state index contributed by atoms with van der Waals surface area (Å²) in [4.78, 5) is 12.1. The van der Waals surface area contributed by atoms with Gasteiger partial charge in [-0.3, -0.25) is 4.79 Å². The molecule has 1 aromatic carbocycles. The predicted molar refractivity (Wildman–Crippen MR) is 79.2 cm³/mol. The number of nitrogens with one attached hydrogen (secondary N) is 1. The summed E-state index contributed by atoms with van der Waals surface area (Å²) in [6.45, 7) is -0.0573. The van der Waals surface area contributed by atoms with E-state index in [1.54, 1.807) is 0 Å². The summed E-state index contributed by atoms with van der Waals surface area (Å²) in [5.41, 5.74) is 6.98. The van der Waals surface area contributed by atoms with Crippen molar-refractivity contribution in [2.45, 2.75) is 50.1 Å². The first-order chi connectivity index (χ1) is 9.61. The molecule has 0 aromatic heterocycles. The van der Waals surface area contributed by atoms with Gasteiger partial charge in [-0.15, -0.1) is 0 Å². The highest BCUT2D eigenvalue weighted by molar-refractivity contribution is 5.77. The Bertz CT molecular complexity index is 427. The highest BCUT2D eigenvalue weighted by Crippen LogP contribution is 2.29. The van der Waals surface area contributed by atoms with Crippen LogP contribution in [0.4, 0.5) is 0 Å². The fourth-order valence-electron chi connectivity index (χ4n) is 2.91. The zero-order chi connectivity index (χ0) is 14.4. The third-order valence-corrected chi connectivity index (χ3v) is 4.02. The molecule has 1 amide bonds. The molecule has 110 valence electrons. The molecule has 1 saturated carbocycles. The Balaban J connectivity index is 1.84. The number of hydrogen-bond donors (Lipinski definition) is 3. The van der Waals surface area contributed by atoms with Crippen LogP contribution < -0.4 is 11.1 Å². The SMILES string of the molecule is NC1(CC(=O)N[C@H](CO)Cc2ccccc2)CCCC1. The van der Waals surface area contributed by atoms with E-state index in [-0.39, 0.29) is 24.1 Å². The van der Waals surface area contributed by atoms with Crippen LogP contribution >= 0.6 is 0 Å². The Labute approximate surface area is 120 Å². The first-order valence-corrected chi connectivity index (χ1v) is 7.34. The minimum Gasteiger partial charge on any atom is -0.394 e. The van der Waals surface area contributed by atoms with Crippen LogP contribution in [0.5, 0.6) is 0 Å². The van der Waals surface area contributed by atoms with Gasteiger partial charge in [-0.1, -0.05) is 43.2 Å². The molecule has 1 atom stereocenters. The van der Waals surface area contributed by atoms with Gasteiger partial charge in [0.1, 0.15) is 0 Å². The molecule has 1 aliphatic rings. The molecule has 2 rings (SSSR count). The molecule has 0 unspecified atom stereocenters. The van der Waals surface area contributed by atoms with Gasteiger partial charge < -0.3 is 16.2 Å². The average molecular weight is 276 g/mol. The van der Waals surface area contributed by atoms with E-state index in [4.69, 9.17) is 5.73 Å². The maximum atomic E-state index is 12.1. The van der Waals surface area contributed by atoms with Crippen LogP contribution in [0.25, 0.3) is 0 Å². The molecular weight excluding hydrogens is 252 g/mol. The fourth-order valence-corrected chi connectivity index (χ4v) is 2.91. The maximum absolute atomic E-state index is 12.1. The summed E-state index contributed by atoms with van der Waals surface area (Å²) in [6.07, 6.45) is 5.05. The minimum absolute atomic E-state index is 0.0515. The van der Waals surface area contributed by atoms with Crippen molar-refractivity contribution in [3.05, 3.63) is 35.9 Å². The van der Waals surface area contributed by atoms with Crippen molar-refractivity contribution in [1.82, 2.24) is 5.32 Å². The summed E-state index contributed by atoms with van der Waals surface area (Å²) in [7, 11) is 0. The van der Waals surface area contributed by atoms with Crippen molar-refractivity contribution in [1.29, 1.82) is 0 Å². The molecule has 0 saturated heterocycles. The highest BCUT2D eigenvalue weighted by atomic mass is 16.3. The van der Waals surface area contributed by atoms with E-state index in [0.29, 0.717) is 12.8 Å². The number of benzene rings is 1. The summed E-state index contributed by atoms with van der Waals surface area (Å²) in [6, 6.07) is 9.62. The molecule has 1 fully saturated rings. The summed E-state index contributed by atoms with van der Waals surface area (Å²) >= 11 is 0. The van der Waals surface area contributed by atoms with Gasteiger partial charge in [-0.2, -0.15) is 0 Å². The normalized spacial score (nSPS) is 18.7. The third-order valence-electron chi connectivity index (χ3n) is 4.02. The molecular formula is C16H24N2O2. The topological polar surface area (TPSA) is 75.4 Å². The molecule has 0 spiro atoms. The molecule has 4 heteroatoms. The van der Waals surface area contributed by atoms with Crippen molar-refractivity contribution < 1.29 is 9.90 Å². The van der Waals surface area contributed by atoms with E-state index in [1.165, 1.54) is 0 Å². The van der Waals surface area contributed by atoms with Crippen LogP contribution in [0.1, 0.15) is 37.7 Å². The molecule has 4 N–H and O–H groups in total. The second-order valence-electron chi connectivity index (χ2n) is 5.88. The molecule has 1 aromatic rings. The lowest BCUT2D eigenvalue weighted by Crippen LogP contribution is -2.46. The standard InChI is InChI=1S/C16H24N2O2/c17-16(8-4-5-9-16)11-15(20)18-14(12-19)10-13-6-2-1-3-7-13/h1-3,6-7,14,19H,4-5,8-12,17H2,(H,18,20)/t14-/m0/s1. The zero-order valence-electron chi connectivity index (χ0n) is 11.8. The lowest BCUT2D eigenvalue weighted by molar-refractivity contribution is -0.123. The largest absolute Gasteiger partial charge is 0.394 e. The second-order valence-corrected chi connectivity index (χ2v) is 5.88. The Morgan fingerprint density at radius 1 is 1.30 bits per heavy atom. The van der Waals surface area contributed by atoms with Gasteiger partial charge in [0, 0.05) is 12.0 Å². The Hall–Kier alpha value is -1.39. The Kier molecular flexibility index (Phi) is 5.15. The van der Waals surface area contributed by atoms with Crippen LogP contribution in [0.15, 0.2) is 30.3 Å². The minimum atomic E-state index is -0.336. The molecule has 4 nitrogen and oxygen atoms in total. The first-order valence-electron chi connectivity index (χ1n) is 7.34. The molecule has 0 radical (unpaired) electrons. The quantitative estimate of drug-likeness (QED) is 0.734. The van der Waals surface area contributed by atoms with E-state index in [0.717, 1.165) is 31.2 Å². The average Bonchev–Trinajstić information content (AvgIpc) is 2.85. The number of carbonyl (C=O) groups is 1. The smallest absolute Gasteiger partial charge is 0.222 e. The molecule has 0 bridgehead atoms. The van der Waals surface area contributed by atoms with Crippen molar-refractivity contribution in [2.75, 3.05) is 6.61 Å². The van der Waals surface area contributed by atoms with Gasteiger partial charge in [0.25, 0.3) is 0 Å². The number of rotatable bonds is 6. The van der Waals surface area contributed by atoms with E-state index in [1.807, 2.05) is 30.3 Å². The van der Waals surface area contributed by atoms with Gasteiger partial charge >= 0.3 is 0 Å². The van der Waals surface area contributed by atoms with Gasteiger partial charge in [-0.05, 0) is 24.8 Å². The van der Waals surface area contributed by atoms with E-state index >= 15 is 0 Å². The molecule has 20 heavy (non-hydrogen) atoms. The van der Waals surface area contributed by atoms with Crippen molar-refractivity contribution in [3.8, 4) is 0 Å². The van der Waals surface area contributed by atoms with Crippen LogP contribution in [0.2, 0.25) is 0 Å². The lowest BCUT2D eigenvalue weighted by Gasteiger charge is -2.24. The van der Waals surface area contributed by atoms with E-state index in [2.05, 4.69) is 5.32 Å². The van der Waals surface area contributed by atoms with E-state index < -0.39 is 0 Å². The van der Waals surface area contributed by atoms with Crippen LogP contribution in [-0.4, -0.2) is 29.2 Å². The van der Waals surface area contributed by atoms with Gasteiger partial charge in [-0.25, -0.2) is 0 Å². The summed E-state index contributed by atoms with van der Waals surface area (Å²) < 4.78 is 0. The number of hydrogen-bond acceptors (Lipinski definition) is 3. The summed E-state index contributed by atoms with van der Waals surface area (Å²) in [5.74, 6) is -0.0515. The maximum Gasteiger partial charge on any atom is 0.222 e. The lowest BCUT2D eigenvalue weighted by atomic mass is 9.94. The van der Waals surface area contributed by atoms with Crippen molar-refractivity contribution in [2.24, 2.45) is 5.73 Å². The number of aliphatic hydroxyl groups is 1. The molecule has 1 aliphatic carbocycles. The fraction of sp³-hybridized carbons (Fsp3) is 0.562. The van der Waals surface area contributed by atoms with E-state index in [9.17, 15) is 9.90 Å². The van der Waals surface area contributed by atoms with Crippen LogP contribution in [0.3, 0.4) is 0 Å². The first kappa shape index (κ1) is 15.0. The monoisotopic (exact) mass is 276 g/mol.